The van der Waals surface area contributed by atoms with Crippen LogP contribution in [0.2, 0.25) is 10.0 Å². The van der Waals surface area contributed by atoms with E-state index in [1.165, 1.54) is 0 Å². The first-order chi connectivity index (χ1) is 6.63. The molecule has 0 aromatic heterocycles. The molecule has 14 heavy (non-hydrogen) atoms. The number of rotatable bonds is 4. The van der Waals surface area contributed by atoms with Gasteiger partial charge in [-0.1, -0.05) is 30.1 Å². The molecule has 1 rings (SSSR count). The molecule has 0 aliphatic heterocycles. The van der Waals surface area contributed by atoms with E-state index in [9.17, 15) is 0 Å². The second-order valence-electron chi connectivity index (χ2n) is 3.35. The summed E-state index contributed by atoms with van der Waals surface area (Å²) in [6.45, 7) is 3.60. The van der Waals surface area contributed by atoms with E-state index in [-0.39, 0.29) is 0 Å². The number of hydrogen-bond acceptors (Lipinski definition) is 2. The quantitative estimate of drug-likeness (QED) is 0.838. The summed E-state index contributed by atoms with van der Waals surface area (Å²) in [5.41, 5.74) is 6.47. The molecule has 0 amide bonds. The summed E-state index contributed by atoms with van der Waals surface area (Å²) in [7, 11) is 0. The average molecular weight is 233 g/mol. The van der Waals surface area contributed by atoms with Crippen LogP contribution in [0.3, 0.4) is 0 Å². The van der Waals surface area contributed by atoms with Gasteiger partial charge < -0.3 is 11.1 Å². The highest BCUT2D eigenvalue weighted by Crippen LogP contribution is 2.24. The first-order valence-corrected chi connectivity index (χ1v) is 5.28. The number of hydrogen-bond donors (Lipinski definition) is 2. The Balaban J connectivity index is 2.55. The van der Waals surface area contributed by atoms with Crippen LogP contribution in [0, 0.1) is 5.92 Å². The molecule has 0 fully saturated rings. The molecule has 0 aliphatic rings. The molecule has 0 saturated carbocycles. The van der Waals surface area contributed by atoms with Gasteiger partial charge in [0.1, 0.15) is 0 Å². The van der Waals surface area contributed by atoms with E-state index < -0.39 is 0 Å². The summed E-state index contributed by atoms with van der Waals surface area (Å²) in [5, 5.41) is 4.38. The topological polar surface area (TPSA) is 38.0 Å². The van der Waals surface area contributed by atoms with Gasteiger partial charge in [0, 0.05) is 12.2 Å². The second kappa shape index (κ2) is 5.44. The fourth-order valence-corrected chi connectivity index (χ4v) is 1.28. The van der Waals surface area contributed by atoms with Crippen LogP contribution in [0.25, 0.3) is 0 Å². The summed E-state index contributed by atoms with van der Waals surface area (Å²) >= 11 is 11.7. The largest absolute Gasteiger partial charge is 0.385 e. The minimum absolute atomic E-state index is 0.449. The zero-order valence-corrected chi connectivity index (χ0v) is 9.57. The van der Waals surface area contributed by atoms with Crippen LogP contribution in [0.15, 0.2) is 18.2 Å². The summed E-state index contributed by atoms with van der Waals surface area (Å²) < 4.78 is 0. The maximum absolute atomic E-state index is 5.87. The van der Waals surface area contributed by atoms with Crippen molar-refractivity contribution in [3.8, 4) is 0 Å². The highest BCUT2D eigenvalue weighted by atomic mass is 35.5. The molecule has 1 aromatic rings. The third-order valence-electron chi connectivity index (χ3n) is 1.98. The maximum Gasteiger partial charge on any atom is 0.0612 e. The molecule has 1 atom stereocenters. The first kappa shape index (κ1) is 11.6. The van der Waals surface area contributed by atoms with Crippen molar-refractivity contribution in [1.29, 1.82) is 0 Å². The Labute approximate surface area is 94.4 Å². The lowest BCUT2D eigenvalue weighted by Crippen LogP contribution is -2.19. The molecule has 1 unspecified atom stereocenters. The summed E-state index contributed by atoms with van der Waals surface area (Å²) in [6.07, 6.45) is 0. The van der Waals surface area contributed by atoms with Crippen molar-refractivity contribution in [1.82, 2.24) is 0 Å². The fourth-order valence-electron chi connectivity index (χ4n) is 0.982. The van der Waals surface area contributed by atoms with E-state index in [1.807, 2.05) is 12.1 Å². The molecule has 2 nitrogen and oxygen atoms in total. The van der Waals surface area contributed by atoms with Gasteiger partial charge in [0.25, 0.3) is 0 Å². The zero-order valence-electron chi connectivity index (χ0n) is 8.06. The van der Waals surface area contributed by atoms with E-state index >= 15 is 0 Å². The predicted molar refractivity (Wildman–Crippen MR) is 63.2 cm³/mol. The van der Waals surface area contributed by atoms with Crippen molar-refractivity contribution in [2.45, 2.75) is 6.92 Å². The lowest BCUT2D eigenvalue weighted by molar-refractivity contribution is 0.628. The molecular weight excluding hydrogens is 219 g/mol. The van der Waals surface area contributed by atoms with Gasteiger partial charge in [-0.15, -0.1) is 0 Å². The van der Waals surface area contributed by atoms with E-state index in [0.29, 0.717) is 22.5 Å². The van der Waals surface area contributed by atoms with E-state index in [0.717, 1.165) is 12.2 Å². The number of halogens is 2. The van der Waals surface area contributed by atoms with Crippen molar-refractivity contribution >= 4 is 28.9 Å². The predicted octanol–water partition coefficient (Wildman–Crippen LogP) is 3.00. The standard InChI is InChI=1S/C10H14Cl2N2/c1-7(5-13)6-14-8-2-3-9(11)10(12)4-8/h2-4,7,14H,5-6,13H2,1H3. The Bertz CT molecular complexity index is 302. The van der Waals surface area contributed by atoms with Crippen molar-refractivity contribution in [3.05, 3.63) is 28.2 Å². The number of anilines is 1. The lowest BCUT2D eigenvalue weighted by Gasteiger charge is -2.11. The van der Waals surface area contributed by atoms with Crippen LogP contribution in [-0.4, -0.2) is 13.1 Å². The van der Waals surface area contributed by atoms with Gasteiger partial charge in [-0.05, 0) is 30.7 Å². The van der Waals surface area contributed by atoms with Crippen LogP contribution in [0.1, 0.15) is 6.92 Å². The van der Waals surface area contributed by atoms with Crippen molar-refractivity contribution in [2.75, 3.05) is 18.4 Å². The minimum atomic E-state index is 0.449. The van der Waals surface area contributed by atoms with Gasteiger partial charge in [-0.25, -0.2) is 0 Å². The average Bonchev–Trinajstić information content (AvgIpc) is 2.19. The number of nitrogens with one attached hydrogen (secondary N) is 1. The highest BCUT2D eigenvalue weighted by molar-refractivity contribution is 6.42. The molecule has 0 bridgehead atoms. The fraction of sp³-hybridized carbons (Fsp3) is 0.400. The molecule has 4 heteroatoms. The van der Waals surface area contributed by atoms with Crippen LogP contribution in [0.4, 0.5) is 5.69 Å². The summed E-state index contributed by atoms with van der Waals surface area (Å²) in [5.74, 6) is 0.449. The lowest BCUT2D eigenvalue weighted by atomic mass is 10.2. The Morgan fingerprint density at radius 2 is 2.07 bits per heavy atom. The van der Waals surface area contributed by atoms with Gasteiger partial charge in [-0.2, -0.15) is 0 Å². The first-order valence-electron chi connectivity index (χ1n) is 4.52. The van der Waals surface area contributed by atoms with E-state index in [2.05, 4.69) is 12.2 Å². The SMILES string of the molecule is CC(CN)CNc1ccc(Cl)c(Cl)c1. The zero-order chi connectivity index (χ0) is 10.6. The Morgan fingerprint density at radius 3 is 2.64 bits per heavy atom. The normalized spacial score (nSPS) is 12.6. The smallest absolute Gasteiger partial charge is 0.0612 e. The van der Waals surface area contributed by atoms with Gasteiger partial charge in [-0.3, -0.25) is 0 Å². The van der Waals surface area contributed by atoms with Crippen LogP contribution >= 0.6 is 23.2 Å². The molecule has 0 radical (unpaired) electrons. The molecule has 1 aromatic carbocycles. The van der Waals surface area contributed by atoms with Gasteiger partial charge in [0.05, 0.1) is 10.0 Å². The van der Waals surface area contributed by atoms with Gasteiger partial charge >= 0.3 is 0 Å². The third-order valence-corrected chi connectivity index (χ3v) is 2.72. The molecular formula is C10H14Cl2N2. The molecule has 3 N–H and O–H groups in total. The van der Waals surface area contributed by atoms with Gasteiger partial charge in [0.2, 0.25) is 0 Å². The van der Waals surface area contributed by atoms with E-state index in [4.69, 9.17) is 28.9 Å². The second-order valence-corrected chi connectivity index (χ2v) is 4.17. The number of benzene rings is 1. The Kier molecular flexibility index (Phi) is 4.52. The number of nitrogens with two attached hydrogens (primary N) is 1. The molecule has 0 spiro atoms. The highest BCUT2D eigenvalue weighted by Gasteiger charge is 2.01. The molecule has 0 heterocycles. The summed E-state index contributed by atoms with van der Waals surface area (Å²) in [6, 6.07) is 5.49. The maximum atomic E-state index is 5.87. The molecule has 78 valence electrons. The third kappa shape index (κ3) is 3.37. The van der Waals surface area contributed by atoms with Crippen molar-refractivity contribution < 1.29 is 0 Å². The Hall–Kier alpha value is -0.440. The van der Waals surface area contributed by atoms with Crippen LogP contribution in [-0.2, 0) is 0 Å². The van der Waals surface area contributed by atoms with E-state index in [1.54, 1.807) is 6.07 Å². The summed E-state index contributed by atoms with van der Waals surface area (Å²) in [4.78, 5) is 0. The van der Waals surface area contributed by atoms with Gasteiger partial charge in [0.15, 0.2) is 0 Å². The Morgan fingerprint density at radius 1 is 1.36 bits per heavy atom. The van der Waals surface area contributed by atoms with Crippen molar-refractivity contribution in [2.24, 2.45) is 11.7 Å². The van der Waals surface area contributed by atoms with Crippen LogP contribution in [0.5, 0.6) is 0 Å². The molecule has 0 saturated heterocycles. The minimum Gasteiger partial charge on any atom is -0.385 e. The van der Waals surface area contributed by atoms with Crippen LogP contribution < -0.4 is 11.1 Å². The van der Waals surface area contributed by atoms with Crippen molar-refractivity contribution in [3.63, 3.8) is 0 Å². The monoisotopic (exact) mass is 232 g/mol. The molecule has 0 aliphatic carbocycles.